The van der Waals surface area contributed by atoms with Crippen LogP contribution in [-0.4, -0.2) is 17.5 Å². The van der Waals surface area contributed by atoms with E-state index in [2.05, 4.69) is 10.3 Å². The maximum atomic E-state index is 12.5. The average Bonchev–Trinajstić information content (AvgIpc) is 2.72. The molecule has 0 aliphatic rings. The third kappa shape index (κ3) is 5.72. The van der Waals surface area contributed by atoms with Gasteiger partial charge in [0.1, 0.15) is 5.75 Å². The molecule has 144 valence electrons. The first-order valence-electron chi connectivity index (χ1n) is 8.96. The number of carbonyl (C=O) groups excluding carboxylic acids is 1. The van der Waals surface area contributed by atoms with Gasteiger partial charge in [0.05, 0.1) is 23.4 Å². The largest absolute Gasteiger partial charge is 0.492 e. The van der Waals surface area contributed by atoms with Crippen LogP contribution in [0.3, 0.4) is 0 Å². The number of hydrogen-bond donors (Lipinski definition) is 1. The Morgan fingerprint density at radius 1 is 1.04 bits per heavy atom. The second-order valence-corrected chi connectivity index (χ2v) is 7.04. The summed E-state index contributed by atoms with van der Waals surface area (Å²) in [4.78, 5) is 16.9. The SMILES string of the molecule is O=C(CCCOc1ccc(Cl)cc1Cl)NC(c1ccccc1)c1ccccn1. The van der Waals surface area contributed by atoms with Crippen LogP contribution in [0.1, 0.15) is 30.1 Å². The van der Waals surface area contributed by atoms with E-state index in [4.69, 9.17) is 27.9 Å². The molecule has 4 nitrogen and oxygen atoms in total. The first-order chi connectivity index (χ1) is 13.6. The number of rotatable bonds is 8. The summed E-state index contributed by atoms with van der Waals surface area (Å²) in [6.07, 6.45) is 2.62. The fraction of sp³-hybridized carbons (Fsp3) is 0.182. The van der Waals surface area contributed by atoms with Crippen molar-refractivity contribution in [3.8, 4) is 5.75 Å². The second-order valence-electron chi connectivity index (χ2n) is 6.19. The average molecular weight is 415 g/mol. The van der Waals surface area contributed by atoms with Crippen molar-refractivity contribution < 1.29 is 9.53 Å². The van der Waals surface area contributed by atoms with Crippen molar-refractivity contribution >= 4 is 29.1 Å². The molecule has 0 saturated carbocycles. The van der Waals surface area contributed by atoms with Crippen LogP contribution in [0.5, 0.6) is 5.75 Å². The minimum Gasteiger partial charge on any atom is -0.492 e. The Bertz CT molecular complexity index is 865. The van der Waals surface area contributed by atoms with Crippen LogP contribution in [0.15, 0.2) is 72.9 Å². The quantitative estimate of drug-likeness (QED) is 0.498. The first-order valence-corrected chi connectivity index (χ1v) is 9.72. The van der Waals surface area contributed by atoms with E-state index in [1.165, 1.54) is 0 Å². The van der Waals surface area contributed by atoms with Gasteiger partial charge in [-0.1, -0.05) is 59.6 Å². The third-order valence-corrected chi connectivity index (χ3v) is 4.65. The number of nitrogens with zero attached hydrogens (tertiary/aromatic N) is 1. The summed E-state index contributed by atoms with van der Waals surface area (Å²) in [6.45, 7) is 0.383. The highest BCUT2D eigenvalue weighted by molar-refractivity contribution is 6.35. The highest BCUT2D eigenvalue weighted by Gasteiger charge is 2.17. The zero-order chi connectivity index (χ0) is 19.8. The van der Waals surface area contributed by atoms with Crippen LogP contribution < -0.4 is 10.1 Å². The van der Waals surface area contributed by atoms with Gasteiger partial charge >= 0.3 is 0 Å². The fourth-order valence-corrected chi connectivity index (χ4v) is 3.22. The van der Waals surface area contributed by atoms with Crippen molar-refractivity contribution in [3.63, 3.8) is 0 Å². The Kier molecular flexibility index (Phi) is 7.29. The van der Waals surface area contributed by atoms with E-state index in [0.29, 0.717) is 35.2 Å². The van der Waals surface area contributed by atoms with Gasteiger partial charge < -0.3 is 10.1 Å². The number of nitrogens with one attached hydrogen (secondary N) is 1. The summed E-state index contributed by atoms with van der Waals surface area (Å²) in [7, 11) is 0. The molecule has 28 heavy (non-hydrogen) atoms. The molecule has 3 aromatic rings. The highest BCUT2D eigenvalue weighted by atomic mass is 35.5. The van der Waals surface area contributed by atoms with Crippen molar-refractivity contribution in [1.29, 1.82) is 0 Å². The number of benzene rings is 2. The topological polar surface area (TPSA) is 51.2 Å². The number of hydrogen-bond acceptors (Lipinski definition) is 3. The van der Waals surface area contributed by atoms with Gasteiger partial charge in [0.25, 0.3) is 0 Å². The lowest BCUT2D eigenvalue weighted by Crippen LogP contribution is -2.30. The zero-order valence-corrected chi connectivity index (χ0v) is 16.7. The summed E-state index contributed by atoms with van der Waals surface area (Å²) in [5.41, 5.74) is 1.78. The molecule has 0 aliphatic heterocycles. The molecular formula is C22H20Cl2N2O2. The lowest BCUT2D eigenvalue weighted by molar-refractivity contribution is -0.121. The number of amides is 1. The number of aromatic nitrogens is 1. The van der Waals surface area contributed by atoms with Crippen LogP contribution in [0.4, 0.5) is 0 Å². The molecule has 1 unspecified atom stereocenters. The van der Waals surface area contributed by atoms with Crippen molar-refractivity contribution in [2.45, 2.75) is 18.9 Å². The van der Waals surface area contributed by atoms with Gasteiger partial charge in [-0.05, 0) is 42.3 Å². The molecule has 0 radical (unpaired) electrons. The van der Waals surface area contributed by atoms with Gasteiger partial charge in [-0.3, -0.25) is 9.78 Å². The minimum absolute atomic E-state index is 0.0645. The smallest absolute Gasteiger partial charge is 0.220 e. The maximum absolute atomic E-state index is 12.5. The Labute approximate surface area is 174 Å². The second kappa shape index (κ2) is 10.1. The molecule has 0 fully saturated rings. The molecule has 1 aromatic heterocycles. The summed E-state index contributed by atoms with van der Waals surface area (Å²) >= 11 is 12.0. The van der Waals surface area contributed by atoms with Gasteiger partial charge in [-0.25, -0.2) is 0 Å². The Morgan fingerprint density at radius 2 is 1.82 bits per heavy atom. The highest BCUT2D eigenvalue weighted by Crippen LogP contribution is 2.27. The van der Waals surface area contributed by atoms with E-state index >= 15 is 0 Å². The van der Waals surface area contributed by atoms with Crippen LogP contribution in [0, 0.1) is 0 Å². The van der Waals surface area contributed by atoms with E-state index in [-0.39, 0.29) is 11.9 Å². The predicted molar refractivity (Wildman–Crippen MR) is 112 cm³/mol. The molecule has 0 aliphatic carbocycles. The minimum atomic E-state index is -0.290. The number of pyridine rings is 1. The van der Waals surface area contributed by atoms with Gasteiger partial charge in [0.15, 0.2) is 0 Å². The molecule has 1 heterocycles. The fourth-order valence-electron chi connectivity index (χ4n) is 2.76. The van der Waals surface area contributed by atoms with Crippen molar-refractivity contribution in [2.75, 3.05) is 6.61 Å². The molecule has 1 N–H and O–H groups in total. The molecule has 0 bridgehead atoms. The monoisotopic (exact) mass is 414 g/mol. The number of halogens is 2. The molecule has 2 aromatic carbocycles. The lowest BCUT2D eigenvalue weighted by Gasteiger charge is -2.19. The Morgan fingerprint density at radius 3 is 2.54 bits per heavy atom. The number of carbonyl (C=O) groups is 1. The molecule has 1 amide bonds. The molecule has 6 heteroatoms. The van der Waals surface area contributed by atoms with Crippen molar-refractivity contribution in [3.05, 3.63) is 94.2 Å². The van der Waals surface area contributed by atoms with Gasteiger partial charge in [-0.15, -0.1) is 0 Å². The predicted octanol–water partition coefficient (Wildman–Crippen LogP) is 5.45. The summed E-state index contributed by atoms with van der Waals surface area (Å²) in [5.74, 6) is 0.493. The van der Waals surface area contributed by atoms with Crippen LogP contribution in [-0.2, 0) is 4.79 Å². The van der Waals surface area contributed by atoms with E-state index in [9.17, 15) is 4.79 Å². The summed E-state index contributed by atoms with van der Waals surface area (Å²) in [5, 5.41) is 4.08. The molecule has 0 saturated heterocycles. The molecule has 1 atom stereocenters. The lowest BCUT2D eigenvalue weighted by atomic mass is 10.0. The van der Waals surface area contributed by atoms with Crippen molar-refractivity contribution in [2.24, 2.45) is 0 Å². The van der Waals surface area contributed by atoms with Gasteiger partial charge in [-0.2, -0.15) is 0 Å². The Hall–Kier alpha value is -2.56. The summed E-state index contributed by atoms with van der Waals surface area (Å²) in [6, 6.07) is 20.2. The van der Waals surface area contributed by atoms with Crippen LogP contribution in [0.25, 0.3) is 0 Å². The van der Waals surface area contributed by atoms with E-state index in [1.54, 1.807) is 24.4 Å². The van der Waals surface area contributed by atoms with Gasteiger partial charge in [0, 0.05) is 17.6 Å². The number of ether oxygens (including phenoxy) is 1. The third-order valence-electron chi connectivity index (χ3n) is 4.12. The van der Waals surface area contributed by atoms with E-state index in [1.807, 2.05) is 48.5 Å². The van der Waals surface area contributed by atoms with Crippen LogP contribution in [0.2, 0.25) is 10.0 Å². The van der Waals surface area contributed by atoms with Gasteiger partial charge in [0.2, 0.25) is 5.91 Å². The van der Waals surface area contributed by atoms with E-state index in [0.717, 1.165) is 11.3 Å². The molecule has 3 rings (SSSR count). The Balaban J connectivity index is 1.55. The van der Waals surface area contributed by atoms with Crippen molar-refractivity contribution in [1.82, 2.24) is 10.3 Å². The molecule has 0 spiro atoms. The van der Waals surface area contributed by atoms with Crippen LogP contribution >= 0.6 is 23.2 Å². The first kappa shape index (κ1) is 20.2. The zero-order valence-electron chi connectivity index (χ0n) is 15.1. The maximum Gasteiger partial charge on any atom is 0.220 e. The summed E-state index contributed by atoms with van der Waals surface area (Å²) < 4.78 is 5.63. The standard InChI is InChI=1S/C22H20Cl2N2O2/c23-17-11-12-20(18(24)15-17)28-14-6-10-21(27)26-22(16-7-2-1-3-8-16)19-9-4-5-13-25-19/h1-5,7-9,11-13,15,22H,6,10,14H2,(H,26,27). The normalized spacial score (nSPS) is 11.6. The molecular weight excluding hydrogens is 395 g/mol. The van der Waals surface area contributed by atoms with E-state index < -0.39 is 0 Å².